The van der Waals surface area contributed by atoms with E-state index in [4.69, 9.17) is 9.47 Å². The van der Waals surface area contributed by atoms with Crippen LogP contribution in [-0.4, -0.2) is 47.8 Å². The number of rotatable bonds is 2. The van der Waals surface area contributed by atoms with E-state index in [1.165, 1.54) is 7.11 Å². The lowest BCUT2D eigenvalue weighted by atomic mass is 9.90. The van der Waals surface area contributed by atoms with E-state index < -0.39 is 18.3 Å². The average Bonchev–Trinajstić information content (AvgIpc) is 2.12. The average molecular weight is 204 g/mol. The molecular weight excluding hydrogens is 184 g/mol. The van der Waals surface area contributed by atoms with Crippen LogP contribution in [0.2, 0.25) is 0 Å². The molecule has 4 nitrogen and oxygen atoms in total. The van der Waals surface area contributed by atoms with E-state index in [9.17, 15) is 10.2 Å². The highest BCUT2D eigenvalue weighted by Gasteiger charge is 2.43. The van der Waals surface area contributed by atoms with Crippen LogP contribution in [0.5, 0.6) is 0 Å². The molecule has 0 bridgehead atoms. The van der Waals surface area contributed by atoms with Gasteiger partial charge in [-0.15, -0.1) is 0 Å². The normalized spacial score (nSPS) is 44.4. The lowest BCUT2D eigenvalue weighted by Crippen LogP contribution is -2.58. The number of methoxy groups -OCH3 is 1. The van der Waals surface area contributed by atoms with Gasteiger partial charge in [-0.2, -0.15) is 0 Å². The van der Waals surface area contributed by atoms with Crippen molar-refractivity contribution < 1.29 is 19.7 Å². The largest absolute Gasteiger partial charge is 0.388 e. The molecule has 4 heteroatoms. The number of ether oxygens (including phenoxy) is 2. The summed E-state index contributed by atoms with van der Waals surface area (Å²) in [6.45, 7) is 5.74. The van der Waals surface area contributed by atoms with Crippen LogP contribution >= 0.6 is 0 Å². The van der Waals surface area contributed by atoms with Crippen LogP contribution in [-0.2, 0) is 9.47 Å². The predicted octanol–water partition coefficient (Wildman–Crippen LogP) is 0.166. The van der Waals surface area contributed by atoms with Crippen molar-refractivity contribution >= 4 is 0 Å². The summed E-state index contributed by atoms with van der Waals surface area (Å²) in [5.74, 6) is 0.206. The summed E-state index contributed by atoms with van der Waals surface area (Å²) in [6.07, 6.45) is -2.63. The highest BCUT2D eigenvalue weighted by Crippen LogP contribution is 2.26. The fourth-order valence-corrected chi connectivity index (χ4v) is 1.90. The molecule has 0 aromatic heterocycles. The van der Waals surface area contributed by atoms with E-state index in [1.54, 1.807) is 6.92 Å². The summed E-state index contributed by atoms with van der Waals surface area (Å²) in [7, 11) is 1.49. The fourth-order valence-electron chi connectivity index (χ4n) is 1.90. The van der Waals surface area contributed by atoms with Crippen LogP contribution in [0.1, 0.15) is 20.8 Å². The van der Waals surface area contributed by atoms with Crippen LogP contribution in [0.3, 0.4) is 0 Å². The molecule has 0 aromatic rings. The minimum atomic E-state index is -0.759. The Morgan fingerprint density at radius 2 is 1.79 bits per heavy atom. The third-order valence-electron chi connectivity index (χ3n) is 2.79. The molecule has 0 spiro atoms. The van der Waals surface area contributed by atoms with E-state index in [1.807, 2.05) is 13.8 Å². The van der Waals surface area contributed by atoms with Gasteiger partial charge >= 0.3 is 0 Å². The molecule has 0 radical (unpaired) electrons. The predicted molar refractivity (Wildman–Crippen MR) is 52.0 cm³/mol. The Balaban J connectivity index is 2.75. The van der Waals surface area contributed by atoms with Gasteiger partial charge in [0.05, 0.1) is 12.2 Å². The molecule has 84 valence electrons. The fraction of sp³-hybridized carbons (Fsp3) is 1.00. The maximum Gasteiger partial charge on any atom is 0.114 e. The monoisotopic (exact) mass is 204 g/mol. The van der Waals surface area contributed by atoms with Crippen molar-refractivity contribution in [1.29, 1.82) is 0 Å². The van der Waals surface area contributed by atoms with Gasteiger partial charge < -0.3 is 19.7 Å². The van der Waals surface area contributed by atoms with Crippen molar-refractivity contribution in [2.24, 2.45) is 5.92 Å². The van der Waals surface area contributed by atoms with Gasteiger partial charge in [-0.05, 0) is 12.8 Å². The maximum absolute atomic E-state index is 9.88. The molecule has 0 aromatic carbocycles. The van der Waals surface area contributed by atoms with Gasteiger partial charge in [-0.3, -0.25) is 0 Å². The third kappa shape index (κ3) is 2.08. The molecule has 1 fully saturated rings. The first-order chi connectivity index (χ1) is 6.49. The molecule has 2 N–H and O–H groups in total. The summed E-state index contributed by atoms with van der Waals surface area (Å²) in [6, 6.07) is 0. The first-order valence-electron chi connectivity index (χ1n) is 5.03. The van der Waals surface area contributed by atoms with Crippen molar-refractivity contribution in [3.63, 3.8) is 0 Å². The lowest BCUT2D eigenvalue weighted by molar-refractivity contribution is -0.233. The highest BCUT2D eigenvalue weighted by atomic mass is 16.6. The van der Waals surface area contributed by atoms with Crippen LogP contribution < -0.4 is 0 Å². The van der Waals surface area contributed by atoms with E-state index >= 15 is 0 Å². The first-order valence-corrected chi connectivity index (χ1v) is 5.03. The molecule has 0 aliphatic carbocycles. The molecule has 14 heavy (non-hydrogen) atoms. The van der Waals surface area contributed by atoms with Gasteiger partial charge in [0.2, 0.25) is 0 Å². The van der Waals surface area contributed by atoms with Crippen molar-refractivity contribution in [2.75, 3.05) is 7.11 Å². The molecule has 1 rings (SSSR count). The van der Waals surface area contributed by atoms with E-state index in [2.05, 4.69) is 0 Å². The van der Waals surface area contributed by atoms with Gasteiger partial charge in [0.25, 0.3) is 0 Å². The zero-order valence-corrected chi connectivity index (χ0v) is 9.18. The molecule has 1 aliphatic rings. The second-order valence-electron chi connectivity index (χ2n) is 4.23. The van der Waals surface area contributed by atoms with Gasteiger partial charge in [0, 0.05) is 7.11 Å². The van der Waals surface area contributed by atoms with Crippen LogP contribution in [0, 0.1) is 5.92 Å². The Morgan fingerprint density at radius 3 is 2.21 bits per heavy atom. The molecule has 1 saturated heterocycles. The Labute approximate surface area is 84.8 Å². The summed E-state index contributed by atoms with van der Waals surface area (Å²) in [5.41, 5.74) is 0. The van der Waals surface area contributed by atoms with Crippen molar-refractivity contribution in [3.05, 3.63) is 0 Å². The Bertz CT molecular complexity index is 181. The first kappa shape index (κ1) is 11.9. The molecular formula is C10H20O4. The molecule has 5 unspecified atom stereocenters. The van der Waals surface area contributed by atoms with Crippen LogP contribution in [0.15, 0.2) is 0 Å². The number of aliphatic hydroxyl groups excluding tert-OH is 2. The minimum absolute atomic E-state index is 0.206. The number of hydrogen-bond acceptors (Lipinski definition) is 4. The summed E-state index contributed by atoms with van der Waals surface area (Å²) >= 11 is 0. The molecule has 0 saturated carbocycles. The van der Waals surface area contributed by atoms with Crippen LogP contribution in [0.4, 0.5) is 0 Å². The lowest BCUT2D eigenvalue weighted by Gasteiger charge is -2.42. The second-order valence-corrected chi connectivity index (χ2v) is 4.23. The van der Waals surface area contributed by atoms with Crippen molar-refractivity contribution in [1.82, 2.24) is 0 Å². The second kappa shape index (κ2) is 4.57. The number of hydrogen-bond donors (Lipinski definition) is 2. The minimum Gasteiger partial charge on any atom is -0.388 e. The summed E-state index contributed by atoms with van der Waals surface area (Å²) in [5, 5.41) is 19.6. The summed E-state index contributed by atoms with van der Waals surface area (Å²) in [4.78, 5) is 0. The Morgan fingerprint density at radius 1 is 1.21 bits per heavy atom. The zero-order chi connectivity index (χ0) is 10.9. The third-order valence-corrected chi connectivity index (χ3v) is 2.79. The molecule has 1 aliphatic heterocycles. The highest BCUT2D eigenvalue weighted by molar-refractivity contribution is 4.92. The van der Waals surface area contributed by atoms with E-state index in [-0.39, 0.29) is 18.1 Å². The Hall–Kier alpha value is -0.160. The molecule has 5 atom stereocenters. The van der Waals surface area contributed by atoms with Crippen molar-refractivity contribution in [2.45, 2.75) is 51.3 Å². The van der Waals surface area contributed by atoms with Gasteiger partial charge in [0.15, 0.2) is 0 Å². The van der Waals surface area contributed by atoms with Crippen LogP contribution in [0.25, 0.3) is 0 Å². The summed E-state index contributed by atoms with van der Waals surface area (Å²) < 4.78 is 10.6. The number of aliphatic hydroxyl groups is 2. The van der Waals surface area contributed by atoms with Gasteiger partial charge in [-0.1, -0.05) is 13.8 Å². The maximum atomic E-state index is 9.88. The Kier molecular flexibility index (Phi) is 3.89. The molecule has 1 heterocycles. The molecule has 0 amide bonds. The van der Waals surface area contributed by atoms with Crippen molar-refractivity contribution in [3.8, 4) is 0 Å². The topological polar surface area (TPSA) is 58.9 Å². The standard InChI is InChI=1S/C10H20O4/c1-5(2)9-8(12)10(13-4)7(11)6(3)14-9/h5-12H,1-4H3. The van der Waals surface area contributed by atoms with E-state index in [0.29, 0.717) is 0 Å². The van der Waals surface area contributed by atoms with E-state index in [0.717, 1.165) is 0 Å². The zero-order valence-electron chi connectivity index (χ0n) is 9.18. The quantitative estimate of drug-likeness (QED) is 0.673. The van der Waals surface area contributed by atoms with Gasteiger partial charge in [-0.25, -0.2) is 0 Å². The van der Waals surface area contributed by atoms with Gasteiger partial charge in [0.1, 0.15) is 18.3 Å². The SMILES string of the molecule is COC1C(O)C(C)OC(C(C)C)C1O. The smallest absolute Gasteiger partial charge is 0.114 e.